The van der Waals surface area contributed by atoms with Gasteiger partial charge in [0.05, 0.1) is 5.56 Å². The van der Waals surface area contributed by atoms with Crippen molar-refractivity contribution < 1.29 is 24.2 Å². The Labute approximate surface area is 183 Å². The van der Waals surface area contributed by atoms with Crippen molar-refractivity contribution >= 4 is 18.0 Å². The van der Waals surface area contributed by atoms with Gasteiger partial charge < -0.3 is 15.2 Å². The molecule has 6 nitrogen and oxygen atoms in total. The van der Waals surface area contributed by atoms with E-state index in [1.54, 1.807) is 36.4 Å². The van der Waals surface area contributed by atoms with Crippen molar-refractivity contribution in [2.45, 2.75) is 53.1 Å². The summed E-state index contributed by atoms with van der Waals surface area (Å²) in [5.41, 5.74) is 1.21. The van der Waals surface area contributed by atoms with E-state index in [9.17, 15) is 19.5 Å². The van der Waals surface area contributed by atoms with Gasteiger partial charge in [-0.1, -0.05) is 45.4 Å². The van der Waals surface area contributed by atoms with Crippen LogP contribution >= 0.6 is 0 Å². The van der Waals surface area contributed by atoms with Gasteiger partial charge >= 0.3 is 0 Å². The van der Waals surface area contributed by atoms with Crippen LogP contribution in [0.5, 0.6) is 11.5 Å². The third-order valence-corrected chi connectivity index (χ3v) is 4.97. The number of aldehydes is 1. The third-order valence-electron chi connectivity index (χ3n) is 4.97. The maximum absolute atomic E-state index is 12.3. The number of hydrogen-bond donors (Lipinski definition) is 2. The number of benzene rings is 2. The van der Waals surface area contributed by atoms with E-state index in [4.69, 9.17) is 4.74 Å². The lowest BCUT2D eigenvalue weighted by Gasteiger charge is -2.16. The Morgan fingerprint density at radius 1 is 1.03 bits per heavy atom. The van der Waals surface area contributed by atoms with Crippen LogP contribution in [0, 0.1) is 5.41 Å². The van der Waals surface area contributed by atoms with Crippen molar-refractivity contribution in [3.8, 4) is 11.5 Å². The zero-order chi connectivity index (χ0) is 22.9. The first-order chi connectivity index (χ1) is 14.7. The van der Waals surface area contributed by atoms with E-state index in [1.165, 1.54) is 6.07 Å². The Kier molecular flexibility index (Phi) is 8.79. The number of hydrogen-bond acceptors (Lipinski definition) is 5. The summed E-state index contributed by atoms with van der Waals surface area (Å²) in [6, 6.07) is 11.7. The van der Waals surface area contributed by atoms with Crippen LogP contribution in [-0.2, 0) is 11.4 Å². The Morgan fingerprint density at radius 2 is 1.74 bits per heavy atom. The number of ether oxygens (including phenoxy) is 1. The molecule has 6 heteroatoms. The van der Waals surface area contributed by atoms with Gasteiger partial charge in [-0.3, -0.25) is 14.4 Å². The van der Waals surface area contributed by atoms with Gasteiger partial charge in [0, 0.05) is 23.9 Å². The van der Waals surface area contributed by atoms with Gasteiger partial charge in [0.2, 0.25) is 0 Å². The Hall–Kier alpha value is -3.15. The van der Waals surface area contributed by atoms with E-state index in [2.05, 4.69) is 5.32 Å². The number of ketones is 1. The van der Waals surface area contributed by atoms with E-state index in [-0.39, 0.29) is 35.0 Å². The average molecular weight is 426 g/mol. The Balaban J connectivity index is 1.74. The van der Waals surface area contributed by atoms with Crippen LogP contribution in [0.2, 0.25) is 0 Å². The fraction of sp³-hybridized carbons (Fsp3) is 0.400. The predicted octanol–water partition coefficient (Wildman–Crippen LogP) is 4.69. The molecule has 2 aromatic carbocycles. The predicted molar refractivity (Wildman–Crippen MR) is 120 cm³/mol. The SMILES string of the molecule is CC(C)(C)C(=O)CCCCCNC(=O)c1ccc(COc2cccc(O)c2C=O)cc1. The first kappa shape index (κ1) is 24.1. The van der Waals surface area contributed by atoms with Crippen molar-refractivity contribution in [3.63, 3.8) is 0 Å². The molecule has 0 aliphatic rings. The van der Waals surface area contributed by atoms with Crippen LogP contribution in [0.25, 0.3) is 0 Å². The number of carbonyl (C=O) groups excluding carboxylic acids is 3. The van der Waals surface area contributed by atoms with Crippen LogP contribution in [0.15, 0.2) is 42.5 Å². The van der Waals surface area contributed by atoms with Crippen LogP contribution in [0.1, 0.15) is 72.7 Å². The lowest BCUT2D eigenvalue weighted by molar-refractivity contribution is -0.126. The van der Waals surface area contributed by atoms with Gasteiger partial charge in [-0.15, -0.1) is 0 Å². The molecular weight excluding hydrogens is 394 g/mol. The molecule has 0 aliphatic carbocycles. The molecule has 0 fully saturated rings. The van der Waals surface area contributed by atoms with Crippen molar-refractivity contribution in [2.75, 3.05) is 6.54 Å². The molecule has 31 heavy (non-hydrogen) atoms. The summed E-state index contributed by atoms with van der Waals surface area (Å²) in [6.07, 6.45) is 3.71. The lowest BCUT2D eigenvalue weighted by atomic mass is 9.88. The number of amides is 1. The number of phenolic OH excluding ortho intramolecular Hbond substituents is 1. The second-order valence-corrected chi connectivity index (χ2v) is 8.53. The van der Waals surface area contributed by atoms with E-state index in [1.807, 2.05) is 20.8 Å². The molecule has 0 radical (unpaired) electrons. The summed E-state index contributed by atoms with van der Waals surface area (Å²) in [4.78, 5) is 35.2. The molecule has 0 saturated heterocycles. The molecule has 2 rings (SSSR count). The summed E-state index contributed by atoms with van der Waals surface area (Å²) in [5, 5.41) is 12.6. The maximum atomic E-state index is 12.3. The van der Waals surface area contributed by atoms with Crippen molar-refractivity contribution in [1.29, 1.82) is 0 Å². The van der Waals surface area contributed by atoms with Crippen molar-refractivity contribution in [1.82, 2.24) is 5.32 Å². The summed E-state index contributed by atoms with van der Waals surface area (Å²) in [7, 11) is 0. The van der Waals surface area contributed by atoms with Crippen LogP contribution in [0.3, 0.4) is 0 Å². The lowest BCUT2D eigenvalue weighted by Crippen LogP contribution is -2.24. The van der Waals surface area contributed by atoms with Crippen molar-refractivity contribution in [3.05, 3.63) is 59.2 Å². The molecule has 1 amide bonds. The quantitative estimate of drug-likeness (QED) is 0.402. The van der Waals surface area contributed by atoms with Gasteiger partial charge in [0.25, 0.3) is 5.91 Å². The zero-order valence-electron chi connectivity index (χ0n) is 18.4. The first-order valence-electron chi connectivity index (χ1n) is 10.5. The smallest absolute Gasteiger partial charge is 0.251 e. The van der Waals surface area contributed by atoms with E-state index >= 15 is 0 Å². The van der Waals surface area contributed by atoms with E-state index < -0.39 is 0 Å². The molecular formula is C25H31NO5. The molecule has 2 aromatic rings. The molecule has 2 N–H and O–H groups in total. The van der Waals surface area contributed by atoms with Gasteiger partial charge in [-0.05, 0) is 42.7 Å². The van der Waals surface area contributed by atoms with Gasteiger partial charge in [0.1, 0.15) is 23.9 Å². The number of carbonyl (C=O) groups is 3. The number of aromatic hydroxyl groups is 1. The Morgan fingerprint density at radius 3 is 2.39 bits per heavy atom. The van der Waals surface area contributed by atoms with Gasteiger partial charge in [-0.25, -0.2) is 0 Å². The Bertz CT molecular complexity index is 897. The highest BCUT2D eigenvalue weighted by Gasteiger charge is 2.19. The minimum Gasteiger partial charge on any atom is -0.507 e. The second-order valence-electron chi connectivity index (χ2n) is 8.53. The summed E-state index contributed by atoms with van der Waals surface area (Å²) < 4.78 is 5.62. The van der Waals surface area contributed by atoms with Gasteiger partial charge in [-0.2, -0.15) is 0 Å². The number of unbranched alkanes of at least 4 members (excludes halogenated alkanes) is 2. The fourth-order valence-corrected chi connectivity index (χ4v) is 2.96. The zero-order valence-corrected chi connectivity index (χ0v) is 18.4. The highest BCUT2D eigenvalue weighted by molar-refractivity contribution is 5.94. The number of rotatable bonds is 11. The summed E-state index contributed by atoms with van der Waals surface area (Å²) >= 11 is 0. The number of nitrogens with one attached hydrogen (secondary N) is 1. The standard InChI is InChI=1S/C25H31NO5/c1-25(2,3)23(29)10-5-4-6-15-26-24(30)19-13-11-18(12-14-19)17-31-22-9-7-8-21(28)20(22)16-27/h7-9,11-14,16,28H,4-6,10,15,17H2,1-3H3,(H,26,30). The van der Waals surface area contributed by atoms with Crippen LogP contribution < -0.4 is 10.1 Å². The molecule has 0 bridgehead atoms. The third kappa shape index (κ3) is 7.55. The summed E-state index contributed by atoms with van der Waals surface area (Å²) in [5.74, 6) is 0.308. The average Bonchev–Trinajstić information content (AvgIpc) is 2.74. The van der Waals surface area contributed by atoms with E-state index in [0.717, 1.165) is 24.8 Å². The molecule has 0 spiro atoms. The van der Waals surface area contributed by atoms with Gasteiger partial charge in [0.15, 0.2) is 6.29 Å². The fourth-order valence-electron chi connectivity index (χ4n) is 2.96. The first-order valence-corrected chi connectivity index (χ1v) is 10.5. The van der Waals surface area contributed by atoms with Crippen molar-refractivity contribution in [2.24, 2.45) is 5.41 Å². The topological polar surface area (TPSA) is 92.7 Å². The van der Waals surface area contributed by atoms with E-state index in [0.29, 0.717) is 30.6 Å². The minimum atomic E-state index is -0.287. The van der Waals surface area contributed by atoms with Crippen LogP contribution in [0.4, 0.5) is 0 Å². The highest BCUT2D eigenvalue weighted by Crippen LogP contribution is 2.26. The maximum Gasteiger partial charge on any atom is 0.251 e. The van der Waals surface area contributed by atoms with Crippen LogP contribution in [-0.4, -0.2) is 29.6 Å². The monoisotopic (exact) mass is 425 g/mol. The molecule has 0 heterocycles. The molecule has 0 aromatic heterocycles. The molecule has 0 unspecified atom stereocenters. The largest absolute Gasteiger partial charge is 0.507 e. The molecule has 0 aliphatic heterocycles. The molecule has 0 saturated carbocycles. The number of phenols is 1. The molecule has 166 valence electrons. The highest BCUT2D eigenvalue weighted by atomic mass is 16.5. The minimum absolute atomic E-state index is 0.112. The summed E-state index contributed by atoms with van der Waals surface area (Å²) in [6.45, 7) is 6.57. The normalized spacial score (nSPS) is 11.1. The second kappa shape index (κ2) is 11.3. The number of Topliss-reactive ketones (excluding diaryl/α,β-unsaturated/α-hetero) is 1. The molecule has 0 atom stereocenters.